The number of hydrogen-bond acceptors (Lipinski definition) is 3. The van der Waals surface area contributed by atoms with Crippen LogP contribution < -0.4 is 20.7 Å². The van der Waals surface area contributed by atoms with Crippen LogP contribution in [0.15, 0.2) is 42.5 Å². The van der Waals surface area contributed by atoms with E-state index in [0.717, 1.165) is 12.1 Å². The first-order chi connectivity index (χ1) is 13.0. The minimum Gasteiger partial charge on any atom is -0.406 e. The van der Waals surface area contributed by atoms with Crippen molar-refractivity contribution in [3.63, 3.8) is 0 Å². The van der Waals surface area contributed by atoms with Gasteiger partial charge in [-0.2, -0.15) is 0 Å². The number of nitrogens with one attached hydrogen (secondary N) is 3. The van der Waals surface area contributed by atoms with Crippen molar-refractivity contribution in [2.75, 3.05) is 10.6 Å². The number of para-hydroxylation sites is 1. The van der Waals surface area contributed by atoms with Crippen molar-refractivity contribution in [2.24, 2.45) is 0 Å². The van der Waals surface area contributed by atoms with E-state index < -0.39 is 24.1 Å². The number of carbonyl (C=O) groups is 2. The molecule has 2 aromatic carbocycles. The van der Waals surface area contributed by atoms with Crippen molar-refractivity contribution >= 4 is 23.3 Å². The predicted octanol–water partition coefficient (Wildman–Crippen LogP) is 4.68. The Hall–Kier alpha value is -3.23. The summed E-state index contributed by atoms with van der Waals surface area (Å²) >= 11 is 0. The lowest BCUT2D eigenvalue weighted by molar-refractivity contribution is -0.274. The van der Waals surface area contributed by atoms with E-state index in [4.69, 9.17) is 0 Å². The van der Waals surface area contributed by atoms with Gasteiger partial charge < -0.3 is 20.7 Å². The molecule has 0 fully saturated rings. The zero-order chi connectivity index (χ0) is 20.9. The number of anilines is 2. The van der Waals surface area contributed by atoms with E-state index in [1.165, 1.54) is 12.1 Å². The fraction of sp³-hybridized carbons (Fsp3) is 0.263. The molecular formula is C19H20F3N3O3. The average molecular weight is 395 g/mol. The highest BCUT2D eigenvalue weighted by atomic mass is 19.4. The van der Waals surface area contributed by atoms with Crippen molar-refractivity contribution in [1.82, 2.24) is 5.32 Å². The van der Waals surface area contributed by atoms with E-state index in [1.54, 1.807) is 25.1 Å². The molecule has 150 valence electrons. The molecule has 0 aromatic heterocycles. The summed E-state index contributed by atoms with van der Waals surface area (Å²) in [7, 11) is 0. The molecule has 0 heterocycles. The van der Waals surface area contributed by atoms with Gasteiger partial charge in [0.15, 0.2) is 0 Å². The molecular weight excluding hydrogens is 375 g/mol. The summed E-state index contributed by atoms with van der Waals surface area (Å²) in [6, 6.07) is 9.14. The summed E-state index contributed by atoms with van der Waals surface area (Å²) in [4.78, 5) is 24.4. The number of hydrogen-bond donors (Lipinski definition) is 3. The zero-order valence-electron chi connectivity index (χ0n) is 15.5. The Morgan fingerprint density at radius 1 is 1.00 bits per heavy atom. The maximum atomic E-state index is 12.5. The number of rotatable bonds is 5. The van der Waals surface area contributed by atoms with Crippen LogP contribution in [0.2, 0.25) is 0 Å². The van der Waals surface area contributed by atoms with Gasteiger partial charge in [0.25, 0.3) is 5.91 Å². The number of alkyl halides is 3. The zero-order valence-corrected chi connectivity index (χ0v) is 15.5. The Morgan fingerprint density at radius 3 is 2.21 bits per heavy atom. The van der Waals surface area contributed by atoms with Crippen LogP contribution in [0, 0.1) is 6.92 Å². The smallest absolute Gasteiger partial charge is 0.406 e. The topological polar surface area (TPSA) is 79.5 Å². The molecule has 3 amide bonds. The van der Waals surface area contributed by atoms with Crippen LogP contribution in [0.3, 0.4) is 0 Å². The first-order valence-electron chi connectivity index (χ1n) is 8.39. The Morgan fingerprint density at radius 2 is 1.64 bits per heavy atom. The highest BCUT2D eigenvalue weighted by Gasteiger charge is 2.31. The van der Waals surface area contributed by atoms with Crippen molar-refractivity contribution in [2.45, 2.75) is 33.2 Å². The van der Waals surface area contributed by atoms with Gasteiger partial charge >= 0.3 is 12.4 Å². The van der Waals surface area contributed by atoms with Crippen LogP contribution >= 0.6 is 0 Å². The summed E-state index contributed by atoms with van der Waals surface area (Å²) in [6.45, 7) is 5.37. The number of halogens is 3. The lowest BCUT2D eigenvalue weighted by Crippen LogP contribution is -2.34. The van der Waals surface area contributed by atoms with Gasteiger partial charge in [0.1, 0.15) is 5.75 Å². The Labute approximate surface area is 160 Å². The SMILES string of the molecule is Cc1cccc(NC(=O)NC(C)C)c1NC(=O)c1ccc(OC(F)(F)F)cc1. The van der Waals surface area contributed by atoms with Gasteiger partial charge in [-0.1, -0.05) is 12.1 Å². The number of urea groups is 1. The standard InChI is InChI=1S/C19H20F3N3O3/c1-11(2)23-18(27)24-15-6-4-5-12(3)16(15)25-17(26)13-7-9-14(10-8-13)28-19(20,21)22/h4-11H,1-3H3,(H,25,26)(H2,23,24,27). The molecule has 0 spiro atoms. The molecule has 0 bridgehead atoms. The van der Waals surface area contributed by atoms with Gasteiger partial charge in [0.05, 0.1) is 11.4 Å². The molecule has 3 N–H and O–H groups in total. The molecule has 28 heavy (non-hydrogen) atoms. The summed E-state index contributed by atoms with van der Waals surface area (Å²) in [5.41, 5.74) is 1.62. The Balaban J connectivity index is 2.16. The molecule has 0 aliphatic rings. The monoisotopic (exact) mass is 395 g/mol. The molecule has 0 saturated carbocycles. The first-order valence-corrected chi connectivity index (χ1v) is 8.39. The highest BCUT2D eigenvalue weighted by molar-refractivity contribution is 6.07. The molecule has 0 aliphatic heterocycles. The predicted molar refractivity (Wildman–Crippen MR) is 99.5 cm³/mol. The minimum atomic E-state index is -4.80. The molecule has 0 saturated heterocycles. The van der Waals surface area contributed by atoms with Crippen LogP contribution in [0.1, 0.15) is 29.8 Å². The molecule has 9 heteroatoms. The number of carbonyl (C=O) groups excluding carboxylic acids is 2. The Kier molecular flexibility index (Phi) is 6.50. The van der Waals surface area contributed by atoms with Crippen LogP contribution in [-0.4, -0.2) is 24.3 Å². The van der Waals surface area contributed by atoms with Crippen molar-refractivity contribution in [1.29, 1.82) is 0 Å². The summed E-state index contributed by atoms with van der Waals surface area (Å²) in [5, 5.41) is 8.02. The molecule has 0 unspecified atom stereocenters. The number of benzene rings is 2. The van der Waals surface area contributed by atoms with E-state index in [-0.39, 0.29) is 11.6 Å². The van der Waals surface area contributed by atoms with Gasteiger partial charge in [0.2, 0.25) is 0 Å². The molecule has 6 nitrogen and oxygen atoms in total. The van der Waals surface area contributed by atoms with Gasteiger partial charge in [-0.25, -0.2) is 4.79 Å². The van der Waals surface area contributed by atoms with E-state index in [2.05, 4.69) is 20.7 Å². The average Bonchev–Trinajstić information content (AvgIpc) is 2.56. The summed E-state index contributed by atoms with van der Waals surface area (Å²) < 4.78 is 40.4. The van der Waals surface area contributed by atoms with Crippen LogP contribution in [0.25, 0.3) is 0 Å². The van der Waals surface area contributed by atoms with Gasteiger partial charge in [-0.05, 0) is 56.7 Å². The third-order valence-electron chi connectivity index (χ3n) is 3.53. The number of aryl methyl sites for hydroxylation is 1. The largest absolute Gasteiger partial charge is 0.573 e. The van der Waals surface area contributed by atoms with E-state index in [9.17, 15) is 22.8 Å². The first kappa shape index (κ1) is 21.1. The number of amides is 3. The van der Waals surface area contributed by atoms with Crippen molar-refractivity contribution in [3.05, 3.63) is 53.6 Å². The molecule has 2 rings (SSSR count). The minimum absolute atomic E-state index is 0.0692. The third-order valence-corrected chi connectivity index (χ3v) is 3.53. The second kappa shape index (κ2) is 8.64. The summed E-state index contributed by atoms with van der Waals surface area (Å²) in [5.74, 6) is -0.965. The lowest BCUT2D eigenvalue weighted by Gasteiger charge is -2.16. The maximum Gasteiger partial charge on any atom is 0.573 e. The molecule has 0 atom stereocenters. The molecule has 2 aromatic rings. The van der Waals surface area contributed by atoms with Gasteiger partial charge in [-0.15, -0.1) is 13.2 Å². The second-order valence-corrected chi connectivity index (χ2v) is 6.28. The van der Waals surface area contributed by atoms with E-state index >= 15 is 0 Å². The van der Waals surface area contributed by atoms with Crippen molar-refractivity contribution in [3.8, 4) is 5.75 Å². The normalized spacial score (nSPS) is 11.1. The molecule has 0 aliphatic carbocycles. The van der Waals surface area contributed by atoms with Crippen LogP contribution in [0.5, 0.6) is 5.75 Å². The van der Waals surface area contributed by atoms with Crippen LogP contribution in [0.4, 0.5) is 29.3 Å². The maximum absolute atomic E-state index is 12.5. The van der Waals surface area contributed by atoms with Gasteiger partial charge in [0, 0.05) is 11.6 Å². The van der Waals surface area contributed by atoms with Crippen LogP contribution in [-0.2, 0) is 0 Å². The Bertz CT molecular complexity index is 850. The third kappa shape index (κ3) is 6.19. The second-order valence-electron chi connectivity index (χ2n) is 6.28. The quantitative estimate of drug-likeness (QED) is 0.688. The van der Waals surface area contributed by atoms with Crippen molar-refractivity contribution < 1.29 is 27.5 Å². The summed E-state index contributed by atoms with van der Waals surface area (Å²) in [6.07, 6.45) is -4.80. The fourth-order valence-corrected chi connectivity index (χ4v) is 2.35. The number of ether oxygens (including phenoxy) is 1. The van der Waals surface area contributed by atoms with E-state index in [1.807, 2.05) is 13.8 Å². The molecule has 0 radical (unpaired) electrons. The van der Waals surface area contributed by atoms with Gasteiger partial charge in [-0.3, -0.25) is 4.79 Å². The highest BCUT2D eigenvalue weighted by Crippen LogP contribution is 2.27. The fourth-order valence-electron chi connectivity index (χ4n) is 2.35. The lowest BCUT2D eigenvalue weighted by atomic mass is 10.1. The van der Waals surface area contributed by atoms with E-state index in [0.29, 0.717) is 16.9 Å².